The van der Waals surface area contributed by atoms with Crippen LogP contribution in [0, 0.1) is 0 Å². The number of alkyl carbamates (subject to hydrolysis) is 1. The number of hydrogen-bond acceptors (Lipinski definition) is 4. The monoisotopic (exact) mass is 290 g/mol. The maximum atomic E-state index is 11.5. The third kappa shape index (κ3) is 2.97. The first kappa shape index (κ1) is 14.2. The fraction of sp³-hybridized carbons (Fsp3) is 0.562. The van der Waals surface area contributed by atoms with Gasteiger partial charge in [0.15, 0.2) is 0 Å². The highest BCUT2D eigenvalue weighted by Gasteiger charge is 2.25. The Bertz CT molecular complexity index is 512. The molecule has 21 heavy (non-hydrogen) atoms. The Morgan fingerprint density at radius 2 is 2.19 bits per heavy atom. The maximum Gasteiger partial charge on any atom is 0.407 e. The molecule has 1 unspecified atom stereocenters. The minimum absolute atomic E-state index is 0.0576. The lowest BCUT2D eigenvalue weighted by Crippen LogP contribution is -2.38. The number of ether oxygens (including phenoxy) is 2. The van der Waals surface area contributed by atoms with E-state index in [1.54, 1.807) is 0 Å². The van der Waals surface area contributed by atoms with Gasteiger partial charge in [-0.15, -0.1) is 0 Å². The minimum Gasteiger partial charge on any atom is -0.453 e. The Balaban J connectivity index is 1.87. The van der Waals surface area contributed by atoms with Gasteiger partial charge < -0.3 is 19.7 Å². The van der Waals surface area contributed by atoms with Gasteiger partial charge in [-0.05, 0) is 36.5 Å². The maximum absolute atomic E-state index is 11.5. The highest BCUT2D eigenvalue weighted by molar-refractivity contribution is 5.68. The number of anilines is 1. The van der Waals surface area contributed by atoms with Crippen LogP contribution in [0.2, 0.25) is 0 Å². The lowest BCUT2D eigenvalue weighted by molar-refractivity contribution is 0.122. The number of benzene rings is 1. The number of carbonyl (C=O) groups is 1. The fourth-order valence-corrected chi connectivity index (χ4v) is 3.28. The smallest absolute Gasteiger partial charge is 0.407 e. The number of carbonyl (C=O) groups excluding carboxylic acids is 1. The molecule has 1 aromatic carbocycles. The van der Waals surface area contributed by atoms with Crippen molar-refractivity contribution in [3.63, 3.8) is 0 Å². The molecule has 1 aliphatic carbocycles. The number of methoxy groups -OCH3 is 1. The van der Waals surface area contributed by atoms with Crippen molar-refractivity contribution < 1.29 is 14.3 Å². The minimum atomic E-state index is -0.357. The molecule has 1 atom stereocenters. The molecule has 1 amide bonds. The van der Waals surface area contributed by atoms with E-state index in [9.17, 15) is 4.79 Å². The molecule has 0 spiro atoms. The van der Waals surface area contributed by atoms with Crippen molar-refractivity contribution in [1.82, 2.24) is 5.32 Å². The van der Waals surface area contributed by atoms with E-state index in [4.69, 9.17) is 9.47 Å². The third-order valence-corrected chi connectivity index (χ3v) is 4.31. The van der Waals surface area contributed by atoms with Gasteiger partial charge in [0, 0.05) is 18.8 Å². The van der Waals surface area contributed by atoms with Crippen molar-refractivity contribution >= 4 is 11.8 Å². The Morgan fingerprint density at radius 3 is 2.95 bits per heavy atom. The van der Waals surface area contributed by atoms with E-state index in [0.717, 1.165) is 45.6 Å². The molecule has 0 radical (unpaired) electrons. The van der Waals surface area contributed by atoms with Crippen LogP contribution in [-0.4, -0.2) is 39.5 Å². The van der Waals surface area contributed by atoms with E-state index in [-0.39, 0.29) is 12.1 Å². The SMILES string of the molecule is COC(=O)NC1CCCc2c1cccc2N1CCOCC1. The first-order chi connectivity index (χ1) is 10.3. The number of morpholine rings is 1. The van der Waals surface area contributed by atoms with Gasteiger partial charge in [0.2, 0.25) is 0 Å². The highest BCUT2D eigenvalue weighted by atomic mass is 16.5. The summed E-state index contributed by atoms with van der Waals surface area (Å²) in [6.45, 7) is 3.44. The first-order valence-corrected chi connectivity index (χ1v) is 7.58. The van der Waals surface area contributed by atoms with Crippen molar-refractivity contribution in [3.8, 4) is 0 Å². The van der Waals surface area contributed by atoms with Crippen LogP contribution in [0.15, 0.2) is 18.2 Å². The summed E-state index contributed by atoms with van der Waals surface area (Å²) in [5.74, 6) is 0. The molecule has 2 aliphatic rings. The second kappa shape index (κ2) is 6.35. The molecular formula is C16H22N2O3. The zero-order valence-corrected chi connectivity index (χ0v) is 12.4. The molecule has 1 aromatic rings. The van der Waals surface area contributed by atoms with Gasteiger partial charge in [-0.1, -0.05) is 12.1 Å². The van der Waals surface area contributed by atoms with Crippen molar-refractivity contribution in [2.24, 2.45) is 0 Å². The standard InChI is InChI=1S/C16H22N2O3/c1-20-16(19)17-14-6-2-5-13-12(14)4-3-7-15(13)18-8-10-21-11-9-18/h3-4,7,14H,2,5-6,8-11H2,1H3,(H,17,19). The summed E-state index contributed by atoms with van der Waals surface area (Å²) in [6, 6.07) is 6.45. The molecule has 5 nitrogen and oxygen atoms in total. The molecule has 1 saturated heterocycles. The van der Waals surface area contributed by atoms with Crippen LogP contribution in [0.25, 0.3) is 0 Å². The predicted molar refractivity (Wildman–Crippen MR) is 80.7 cm³/mol. The fourth-order valence-electron chi connectivity index (χ4n) is 3.28. The summed E-state index contributed by atoms with van der Waals surface area (Å²) in [7, 11) is 1.41. The molecule has 3 rings (SSSR count). The average Bonchev–Trinajstić information content (AvgIpc) is 2.55. The van der Waals surface area contributed by atoms with Gasteiger partial charge in [0.25, 0.3) is 0 Å². The summed E-state index contributed by atoms with van der Waals surface area (Å²) >= 11 is 0. The predicted octanol–water partition coefficient (Wildman–Crippen LogP) is 2.26. The van der Waals surface area contributed by atoms with Crippen LogP contribution in [0.4, 0.5) is 10.5 Å². The van der Waals surface area contributed by atoms with Gasteiger partial charge in [0.1, 0.15) is 0 Å². The van der Waals surface area contributed by atoms with Crippen molar-refractivity contribution in [2.45, 2.75) is 25.3 Å². The summed E-state index contributed by atoms with van der Waals surface area (Å²) in [5.41, 5.74) is 3.90. The lowest BCUT2D eigenvalue weighted by Gasteiger charge is -2.34. The Hall–Kier alpha value is -1.75. The number of amides is 1. The number of hydrogen-bond donors (Lipinski definition) is 1. The van der Waals surface area contributed by atoms with Crippen molar-refractivity contribution in [3.05, 3.63) is 29.3 Å². The molecule has 1 heterocycles. The quantitative estimate of drug-likeness (QED) is 0.907. The topological polar surface area (TPSA) is 50.8 Å². The summed E-state index contributed by atoms with van der Waals surface area (Å²) in [6.07, 6.45) is 2.77. The lowest BCUT2D eigenvalue weighted by atomic mass is 9.86. The summed E-state index contributed by atoms with van der Waals surface area (Å²) < 4.78 is 10.2. The number of nitrogens with zero attached hydrogens (tertiary/aromatic N) is 1. The van der Waals surface area contributed by atoms with Crippen LogP contribution in [0.3, 0.4) is 0 Å². The molecule has 1 fully saturated rings. The van der Waals surface area contributed by atoms with E-state index >= 15 is 0 Å². The Kier molecular flexibility index (Phi) is 4.29. The van der Waals surface area contributed by atoms with Crippen LogP contribution in [0.1, 0.15) is 30.0 Å². The molecule has 114 valence electrons. The van der Waals surface area contributed by atoms with Crippen LogP contribution >= 0.6 is 0 Å². The normalized spacial score (nSPS) is 21.6. The second-order valence-corrected chi connectivity index (χ2v) is 5.53. The van der Waals surface area contributed by atoms with Gasteiger partial charge in [0.05, 0.1) is 26.4 Å². The number of rotatable bonds is 2. The van der Waals surface area contributed by atoms with E-state index in [2.05, 4.69) is 28.4 Å². The van der Waals surface area contributed by atoms with E-state index < -0.39 is 0 Å². The van der Waals surface area contributed by atoms with Crippen LogP contribution in [-0.2, 0) is 15.9 Å². The van der Waals surface area contributed by atoms with E-state index in [1.165, 1.54) is 23.9 Å². The molecule has 5 heteroatoms. The molecule has 1 aliphatic heterocycles. The second-order valence-electron chi connectivity index (χ2n) is 5.53. The van der Waals surface area contributed by atoms with E-state index in [0.29, 0.717) is 0 Å². The van der Waals surface area contributed by atoms with Gasteiger partial charge in [-0.2, -0.15) is 0 Å². The van der Waals surface area contributed by atoms with Crippen LogP contribution in [0.5, 0.6) is 0 Å². The van der Waals surface area contributed by atoms with Gasteiger partial charge in [-0.3, -0.25) is 0 Å². The number of fused-ring (bicyclic) bond motifs is 1. The molecule has 0 bridgehead atoms. The largest absolute Gasteiger partial charge is 0.453 e. The zero-order valence-electron chi connectivity index (χ0n) is 12.4. The van der Waals surface area contributed by atoms with Gasteiger partial charge >= 0.3 is 6.09 Å². The summed E-state index contributed by atoms with van der Waals surface area (Å²) in [4.78, 5) is 13.9. The Morgan fingerprint density at radius 1 is 1.38 bits per heavy atom. The van der Waals surface area contributed by atoms with Crippen LogP contribution < -0.4 is 10.2 Å². The first-order valence-electron chi connectivity index (χ1n) is 7.58. The third-order valence-electron chi connectivity index (χ3n) is 4.31. The zero-order chi connectivity index (χ0) is 14.7. The highest BCUT2D eigenvalue weighted by Crippen LogP contribution is 2.36. The Labute approximate surface area is 125 Å². The molecular weight excluding hydrogens is 268 g/mol. The molecule has 1 N–H and O–H groups in total. The summed E-state index contributed by atoms with van der Waals surface area (Å²) in [5, 5.41) is 2.95. The van der Waals surface area contributed by atoms with Gasteiger partial charge in [-0.25, -0.2) is 4.79 Å². The van der Waals surface area contributed by atoms with Crippen molar-refractivity contribution in [2.75, 3.05) is 38.3 Å². The van der Waals surface area contributed by atoms with Crippen molar-refractivity contribution in [1.29, 1.82) is 0 Å². The average molecular weight is 290 g/mol. The molecule has 0 aromatic heterocycles. The number of nitrogens with one attached hydrogen (secondary N) is 1. The molecule has 0 saturated carbocycles. The van der Waals surface area contributed by atoms with E-state index in [1.807, 2.05) is 0 Å².